The van der Waals surface area contributed by atoms with Crippen LogP contribution in [0, 0.1) is 22.7 Å². The van der Waals surface area contributed by atoms with Crippen LogP contribution in [0.15, 0.2) is 115 Å². The Morgan fingerprint density at radius 2 is 1.15 bits per heavy atom. The van der Waals surface area contributed by atoms with Gasteiger partial charge in [0.1, 0.15) is 12.1 Å². The first-order valence-corrected chi connectivity index (χ1v) is 10.7. The molecule has 0 radical (unpaired) electrons. The molecule has 3 heteroatoms. The van der Waals surface area contributed by atoms with Gasteiger partial charge in [-0.1, -0.05) is 72.8 Å². The molecule has 5 aromatic rings. The molecular weight excluding hydrogens is 402 g/mol. The lowest BCUT2D eigenvalue weighted by Gasteiger charge is -2.27. The number of hydrogen-bond acceptors (Lipinski definition) is 3. The predicted octanol–water partition coefficient (Wildman–Crippen LogP) is 7.72. The minimum absolute atomic E-state index is 0.390. The van der Waals surface area contributed by atoms with Crippen molar-refractivity contribution in [2.45, 2.75) is 0 Å². The summed E-state index contributed by atoms with van der Waals surface area (Å²) >= 11 is 0. The number of benzene rings is 5. The first-order chi connectivity index (χ1) is 16.3. The van der Waals surface area contributed by atoms with Gasteiger partial charge < -0.3 is 4.90 Å². The third-order valence-corrected chi connectivity index (χ3v) is 5.74. The molecule has 0 bridgehead atoms. The van der Waals surface area contributed by atoms with Gasteiger partial charge in [0.15, 0.2) is 0 Å². The van der Waals surface area contributed by atoms with Crippen molar-refractivity contribution in [2.75, 3.05) is 4.90 Å². The van der Waals surface area contributed by atoms with E-state index in [4.69, 9.17) is 0 Å². The van der Waals surface area contributed by atoms with Crippen molar-refractivity contribution in [2.24, 2.45) is 0 Å². The van der Waals surface area contributed by atoms with Gasteiger partial charge in [-0.2, -0.15) is 10.5 Å². The topological polar surface area (TPSA) is 50.8 Å². The molecule has 0 aromatic heterocycles. The van der Waals surface area contributed by atoms with Crippen LogP contribution in [0.5, 0.6) is 0 Å². The molecule has 154 valence electrons. The van der Waals surface area contributed by atoms with Gasteiger partial charge in [0, 0.05) is 16.8 Å². The van der Waals surface area contributed by atoms with Crippen molar-refractivity contribution >= 4 is 27.8 Å². The number of hydrogen-bond donors (Lipinski definition) is 0. The Morgan fingerprint density at radius 1 is 0.515 bits per heavy atom. The van der Waals surface area contributed by atoms with Gasteiger partial charge >= 0.3 is 0 Å². The number of fused-ring (bicyclic) bond motifs is 1. The van der Waals surface area contributed by atoms with Crippen molar-refractivity contribution in [3.8, 4) is 23.3 Å². The SMILES string of the molecule is N#Cc1ccc(-c2ccc(N(c3ccccc3)c3cccc4ccccc34)cc2)cc1C#N. The Hall–Kier alpha value is -4.86. The first-order valence-electron chi connectivity index (χ1n) is 10.7. The fraction of sp³-hybridized carbons (Fsp3) is 0. The fourth-order valence-electron chi connectivity index (χ4n) is 4.12. The van der Waals surface area contributed by atoms with Gasteiger partial charge in [-0.25, -0.2) is 0 Å². The van der Waals surface area contributed by atoms with Crippen molar-refractivity contribution in [1.29, 1.82) is 10.5 Å². The van der Waals surface area contributed by atoms with Gasteiger partial charge in [0.25, 0.3) is 0 Å². The molecule has 0 spiro atoms. The summed E-state index contributed by atoms with van der Waals surface area (Å²) in [4.78, 5) is 2.26. The van der Waals surface area contributed by atoms with Crippen molar-refractivity contribution in [3.05, 3.63) is 126 Å². The Morgan fingerprint density at radius 3 is 1.91 bits per heavy atom. The maximum absolute atomic E-state index is 9.37. The summed E-state index contributed by atoms with van der Waals surface area (Å²) < 4.78 is 0. The van der Waals surface area contributed by atoms with Crippen molar-refractivity contribution in [1.82, 2.24) is 0 Å². The number of nitrogens with zero attached hydrogens (tertiary/aromatic N) is 3. The van der Waals surface area contributed by atoms with Crippen molar-refractivity contribution in [3.63, 3.8) is 0 Å². The summed E-state index contributed by atoms with van der Waals surface area (Å²) in [5.74, 6) is 0. The van der Waals surface area contributed by atoms with E-state index < -0.39 is 0 Å². The molecule has 0 amide bonds. The maximum Gasteiger partial charge on any atom is 0.101 e. The van der Waals surface area contributed by atoms with E-state index in [1.807, 2.05) is 24.3 Å². The van der Waals surface area contributed by atoms with Gasteiger partial charge in [0.2, 0.25) is 0 Å². The zero-order chi connectivity index (χ0) is 22.6. The summed E-state index contributed by atoms with van der Waals surface area (Å²) in [5, 5.41) is 20.9. The quantitative estimate of drug-likeness (QED) is 0.298. The molecule has 0 N–H and O–H groups in total. The third kappa shape index (κ3) is 3.81. The molecule has 0 aliphatic rings. The number of rotatable bonds is 4. The second kappa shape index (κ2) is 8.71. The average Bonchev–Trinajstić information content (AvgIpc) is 2.89. The number of para-hydroxylation sites is 1. The monoisotopic (exact) mass is 421 g/mol. The van der Waals surface area contributed by atoms with E-state index in [1.165, 1.54) is 10.8 Å². The summed E-state index contributed by atoms with van der Waals surface area (Å²) in [7, 11) is 0. The van der Waals surface area contributed by atoms with E-state index in [-0.39, 0.29) is 0 Å². The standard InChI is InChI=1S/C30H19N3/c31-20-25-14-13-24(19-26(25)21-32)22-15-17-28(18-16-22)33(27-9-2-1-3-10-27)30-12-6-8-23-7-4-5-11-29(23)30/h1-19H. The van der Waals surface area contributed by atoms with E-state index in [2.05, 4.69) is 95.9 Å². The molecule has 5 aromatic carbocycles. The summed E-state index contributed by atoms with van der Waals surface area (Å²) in [5.41, 5.74) is 5.91. The molecule has 0 aliphatic carbocycles. The maximum atomic E-state index is 9.37. The highest BCUT2D eigenvalue weighted by molar-refractivity contribution is 5.98. The highest BCUT2D eigenvalue weighted by Crippen LogP contribution is 2.39. The molecule has 0 fully saturated rings. The van der Waals surface area contributed by atoms with Crippen LogP contribution in [0.1, 0.15) is 11.1 Å². The number of anilines is 3. The van der Waals surface area contributed by atoms with Crippen LogP contribution in [0.2, 0.25) is 0 Å². The van der Waals surface area contributed by atoms with E-state index in [0.29, 0.717) is 11.1 Å². The van der Waals surface area contributed by atoms with Crippen LogP contribution in [-0.2, 0) is 0 Å². The lowest BCUT2D eigenvalue weighted by atomic mass is 9.99. The normalized spacial score (nSPS) is 10.4. The molecule has 0 saturated carbocycles. The zero-order valence-corrected chi connectivity index (χ0v) is 17.8. The minimum atomic E-state index is 0.390. The van der Waals surface area contributed by atoms with Gasteiger partial charge in [-0.05, 0) is 59.0 Å². The molecule has 33 heavy (non-hydrogen) atoms. The van der Waals surface area contributed by atoms with Crippen LogP contribution < -0.4 is 4.90 Å². The molecule has 0 aliphatic heterocycles. The van der Waals surface area contributed by atoms with Crippen LogP contribution in [0.25, 0.3) is 21.9 Å². The van der Waals surface area contributed by atoms with Crippen LogP contribution in [0.3, 0.4) is 0 Å². The fourth-order valence-corrected chi connectivity index (χ4v) is 4.12. The van der Waals surface area contributed by atoms with Crippen LogP contribution in [0.4, 0.5) is 17.1 Å². The predicted molar refractivity (Wildman–Crippen MR) is 133 cm³/mol. The smallest absolute Gasteiger partial charge is 0.101 e. The summed E-state index contributed by atoms with van der Waals surface area (Å²) in [6.45, 7) is 0. The largest absolute Gasteiger partial charge is 0.310 e. The summed E-state index contributed by atoms with van der Waals surface area (Å²) in [6.07, 6.45) is 0. The van der Waals surface area contributed by atoms with E-state index in [9.17, 15) is 10.5 Å². The van der Waals surface area contributed by atoms with Crippen LogP contribution >= 0.6 is 0 Å². The molecule has 0 saturated heterocycles. The van der Waals surface area contributed by atoms with Gasteiger partial charge in [-0.15, -0.1) is 0 Å². The molecule has 0 heterocycles. The van der Waals surface area contributed by atoms with Gasteiger partial charge in [0.05, 0.1) is 16.8 Å². The second-order valence-corrected chi connectivity index (χ2v) is 7.70. The van der Waals surface area contributed by atoms with E-state index in [0.717, 1.165) is 28.2 Å². The molecule has 0 atom stereocenters. The zero-order valence-electron chi connectivity index (χ0n) is 17.8. The third-order valence-electron chi connectivity index (χ3n) is 5.74. The Labute approximate surface area is 193 Å². The highest BCUT2D eigenvalue weighted by Gasteiger charge is 2.15. The highest BCUT2D eigenvalue weighted by atomic mass is 15.1. The molecule has 5 rings (SSSR count). The van der Waals surface area contributed by atoms with Crippen LogP contribution in [-0.4, -0.2) is 0 Å². The number of nitriles is 2. The van der Waals surface area contributed by atoms with E-state index >= 15 is 0 Å². The Bertz CT molecular complexity index is 1520. The van der Waals surface area contributed by atoms with Crippen molar-refractivity contribution < 1.29 is 0 Å². The summed E-state index contributed by atoms with van der Waals surface area (Å²) in [6, 6.07) is 42.9. The molecular formula is C30H19N3. The Kier molecular flexibility index (Phi) is 5.30. The molecule has 0 unspecified atom stereocenters. The minimum Gasteiger partial charge on any atom is -0.310 e. The average molecular weight is 422 g/mol. The first kappa shape index (κ1) is 20.1. The molecule has 3 nitrogen and oxygen atoms in total. The Balaban J connectivity index is 1.62. The van der Waals surface area contributed by atoms with E-state index in [1.54, 1.807) is 12.1 Å². The lowest BCUT2D eigenvalue weighted by molar-refractivity contribution is 1.30. The lowest BCUT2D eigenvalue weighted by Crippen LogP contribution is -2.10. The second-order valence-electron chi connectivity index (χ2n) is 7.70. The van der Waals surface area contributed by atoms with Gasteiger partial charge in [-0.3, -0.25) is 0 Å².